The Hall–Kier alpha value is -1.02. The molecule has 0 spiro atoms. The summed E-state index contributed by atoms with van der Waals surface area (Å²) in [5.74, 6) is 0.145. The molecule has 0 saturated heterocycles. The molecule has 1 aromatic carbocycles. The molecule has 3 N–H and O–H groups in total. The lowest BCUT2D eigenvalue weighted by Crippen LogP contribution is -2.15. The lowest BCUT2D eigenvalue weighted by atomic mass is 9.88. The molecule has 0 saturated carbocycles. The first-order valence-corrected chi connectivity index (χ1v) is 5.65. The molecule has 0 aromatic heterocycles. The van der Waals surface area contributed by atoms with Crippen molar-refractivity contribution in [3.05, 3.63) is 34.4 Å². The lowest BCUT2D eigenvalue weighted by Gasteiger charge is -2.22. The van der Waals surface area contributed by atoms with Crippen molar-refractivity contribution in [1.82, 2.24) is 0 Å². The van der Waals surface area contributed by atoms with Crippen molar-refractivity contribution in [2.75, 3.05) is 0 Å². The van der Waals surface area contributed by atoms with Crippen LogP contribution < -0.4 is 5.73 Å². The quantitative estimate of drug-likeness (QED) is 0.429. The molecule has 0 radical (unpaired) electrons. The van der Waals surface area contributed by atoms with Crippen LogP contribution in [0.5, 0.6) is 0 Å². The number of halogens is 1. The van der Waals surface area contributed by atoms with E-state index < -0.39 is 0 Å². The molecular weight excluding hydrogens is 208 g/mol. The number of fused-ring (bicyclic) bond motifs is 1. The zero-order valence-corrected chi connectivity index (χ0v) is 9.56. The van der Waals surface area contributed by atoms with E-state index in [-0.39, 0.29) is 11.2 Å². The van der Waals surface area contributed by atoms with E-state index in [0.29, 0.717) is 0 Å². The minimum absolute atomic E-state index is 0.133. The minimum atomic E-state index is 0.133. The molecular formula is C12H15ClN2. The van der Waals surface area contributed by atoms with Gasteiger partial charge in [-0.3, -0.25) is 5.41 Å². The van der Waals surface area contributed by atoms with Crippen LogP contribution in [-0.4, -0.2) is 5.84 Å². The number of nitrogen functional groups attached to an aromatic ring is 1. The molecule has 2 rings (SSSR count). The Balaban J connectivity index is 2.54. The molecule has 0 fully saturated rings. The van der Waals surface area contributed by atoms with Crippen LogP contribution in [0.2, 0.25) is 0 Å². The van der Waals surface area contributed by atoms with Crippen molar-refractivity contribution in [3.63, 3.8) is 0 Å². The van der Waals surface area contributed by atoms with E-state index in [1.54, 1.807) is 0 Å². The van der Waals surface area contributed by atoms with E-state index in [4.69, 9.17) is 22.7 Å². The molecule has 80 valence electrons. The van der Waals surface area contributed by atoms with Gasteiger partial charge in [0.1, 0.15) is 5.84 Å². The van der Waals surface area contributed by atoms with E-state index in [2.05, 4.69) is 6.07 Å². The van der Waals surface area contributed by atoms with Gasteiger partial charge in [-0.15, -0.1) is 11.6 Å². The minimum Gasteiger partial charge on any atom is -0.384 e. The van der Waals surface area contributed by atoms with E-state index in [1.165, 1.54) is 11.1 Å². The Bertz CT molecular complexity index is 412. The van der Waals surface area contributed by atoms with E-state index in [9.17, 15) is 0 Å². The van der Waals surface area contributed by atoms with Gasteiger partial charge in [-0.05, 0) is 48.9 Å². The summed E-state index contributed by atoms with van der Waals surface area (Å²) < 4.78 is 0. The predicted molar refractivity (Wildman–Crippen MR) is 63.7 cm³/mol. The third kappa shape index (κ3) is 1.86. The van der Waals surface area contributed by atoms with Crippen LogP contribution in [0, 0.1) is 12.3 Å². The molecule has 1 aliphatic carbocycles. The van der Waals surface area contributed by atoms with Crippen molar-refractivity contribution in [2.24, 2.45) is 5.73 Å². The van der Waals surface area contributed by atoms with E-state index in [0.717, 1.165) is 30.4 Å². The fraction of sp³-hybridized carbons (Fsp3) is 0.417. The molecule has 3 heteroatoms. The Morgan fingerprint density at radius 2 is 2.27 bits per heavy atom. The van der Waals surface area contributed by atoms with Gasteiger partial charge in [-0.2, -0.15) is 0 Å². The number of nitrogens with two attached hydrogens (primary N) is 1. The van der Waals surface area contributed by atoms with Gasteiger partial charge in [0.25, 0.3) is 0 Å². The Morgan fingerprint density at radius 3 is 2.93 bits per heavy atom. The van der Waals surface area contributed by atoms with Crippen molar-refractivity contribution in [2.45, 2.75) is 31.6 Å². The van der Waals surface area contributed by atoms with E-state index in [1.807, 2.05) is 13.0 Å². The van der Waals surface area contributed by atoms with Crippen LogP contribution in [0.1, 0.15) is 40.5 Å². The first-order chi connectivity index (χ1) is 7.09. The number of aryl methyl sites for hydroxylation is 2. The van der Waals surface area contributed by atoms with Crippen molar-refractivity contribution < 1.29 is 0 Å². The fourth-order valence-corrected chi connectivity index (χ4v) is 2.56. The predicted octanol–water partition coefficient (Wildman–Crippen LogP) is 2.90. The number of amidine groups is 1. The highest BCUT2D eigenvalue weighted by Crippen LogP contribution is 2.35. The zero-order valence-electron chi connectivity index (χ0n) is 8.81. The van der Waals surface area contributed by atoms with Crippen LogP contribution in [0.25, 0.3) is 0 Å². The maximum atomic E-state index is 7.49. The van der Waals surface area contributed by atoms with Gasteiger partial charge >= 0.3 is 0 Å². The van der Waals surface area contributed by atoms with E-state index >= 15 is 0 Å². The molecule has 1 aliphatic rings. The van der Waals surface area contributed by atoms with Crippen molar-refractivity contribution in [3.8, 4) is 0 Å². The fourth-order valence-electron chi connectivity index (χ4n) is 2.20. The summed E-state index contributed by atoms with van der Waals surface area (Å²) in [5, 5.41) is 7.62. The summed E-state index contributed by atoms with van der Waals surface area (Å²) in [6.45, 7) is 1.98. The number of rotatable bonds is 1. The summed E-state index contributed by atoms with van der Waals surface area (Å²) in [6, 6.07) is 4.12. The molecule has 1 unspecified atom stereocenters. The summed E-state index contributed by atoms with van der Waals surface area (Å²) in [5.41, 5.74) is 9.92. The van der Waals surface area contributed by atoms with Crippen molar-refractivity contribution >= 4 is 17.4 Å². The van der Waals surface area contributed by atoms with Crippen LogP contribution in [0.15, 0.2) is 12.1 Å². The average molecular weight is 223 g/mol. The third-order valence-corrected chi connectivity index (χ3v) is 3.47. The van der Waals surface area contributed by atoms with Gasteiger partial charge in [0.2, 0.25) is 0 Å². The Kier molecular flexibility index (Phi) is 2.70. The number of nitrogens with one attached hydrogen (secondary N) is 1. The normalized spacial score (nSPS) is 19.7. The second kappa shape index (κ2) is 3.86. The van der Waals surface area contributed by atoms with Gasteiger partial charge in [0.15, 0.2) is 0 Å². The van der Waals surface area contributed by atoms with Crippen LogP contribution in [-0.2, 0) is 6.42 Å². The van der Waals surface area contributed by atoms with Crippen LogP contribution >= 0.6 is 11.6 Å². The molecule has 15 heavy (non-hydrogen) atoms. The first kappa shape index (κ1) is 10.5. The monoisotopic (exact) mass is 222 g/mol. The zero-order chi connectivity index (χ0) is 11.0. The maximum absolute atomic E-state index is 7.49. The van der Waals surface area contributed by atoms with Crippen LogP contribution in [0.3, 0.4) is 0 Å². The number of hydrogen-bond acceptors (Lipinski definition) is 1. The number of alkyl halides is 1. The molecule has 0 heterocycles. The highest BCUT2D eigenvalue weighted by molar-refractivity contribution is 6.21. The Morgan fingerprint density at radius 1 is 1.53 bits per heavy atom. The number of benzene rings is 1. The molecule has 0 amide bonds. The van der Waals surface area contributed by atoms with Gasteiger partial charge in [0.05, 0.1) is 5.38 Å². The summed E-state index contributed by atoms with van der Waals surface area (Å²) in [7, 11) is 0. The van der Waals surface area contributed by atoms with Gasteiger partial charge in [0, 0.05) is 5.56 Å². The highest BCUT2D eigenvalue weighted by Gasteiger charge is 2.19. The topological polar surface area (TPSA) is 49.9 Å². The SMILES string of the molecule is Cc1cc2c(cc1C(=N)N)CCCC2Cl. The van der Waals surface area contributed by atoms with Crippen LogP contribution in [0.4, 0.5) is 0 Å². The van der Waals surface area contributed by atoms with Gasteiger partial charge in [-0.1, -0.05) is 6.07 Å². The molecule has 1 atom stereocenters. The lowest BCUT2D eigenvalue weighted by molar-refractivity contribution is 0.666. The standard InChI is InChI=1S/C12H15ClN2/c1-7-5-10-8(3-2-4-11(10)13)6-9(7)12(14)15/h5-6,11H,2-4H2,1H3,(H3,14,15). The molecule has 0 bridgehead atoms. The highest BCUT2D eigenvalue weighted by atomic mass is 35.5. The Labute approximate surface area is 94.9 Å². The smallest absolute Gasteiger partial charge is 0.123 e. The second-order valence-electron chi connectivity index (χ2n) is 4.14. The molecule has 2 nitrogen and oxygen atoms in total. The van der Waals surface area contributed by atoms with Gasteiger partial charge < -0.3 is 5.73 Å². The number of hydrogen-bond donors (Lipinski definition) is 2. The van der Waals surface area contributed by atoms with Gasteiger partial charge in [-0.25, -0.2) is 0 Å². The maximum Gasteiger partial charge on any atom is 0.123 e. The summed E-state index contributed by atoms with van der Waals surface area (Å²) in [6.07, 6.45) is 3.23. The average Bonchev–Trinajstić information content (AvgIpc) is 2.18. The van der Waals surface area contributed by atoms with Crippen molar-refractivity contribution in [1.29, 1.82) is 5.41 Å². The first-order valence-electron chi connectivity index (χ1n) is 5.21. The molecule has 0 aliphatic heterocycles. The summed E-state index contributed by atoms with van der Waals surface area (Å²) in [4.78, 5) is 0. The summed E-state index contributed by atoms with van der Waals surface area (Å²) >= 11 is 6.27. The largest absolute Gasteiger partial charge is 0.384 e. The third-order valence-electron chi connectivity index (χ3n) is 3.02. The molecule has 1 aromatic rings. The second-order valence-corrected chi connectivity index (χ2v) is 4.67.